The Morgan fingerprint density at radius 3 is 2.79 bits per heavy atom. The van der Waals surface area contributed by atoms with Gasteiger partial charge in [-0.3, -0.25) is 0 Å². The van der Waals surface area contributed by atoms with Gasteiger partial charge < -0.3 is 9.52 Å². The molecule has 0 saturated heterocycles. The molecule has 1 rings (SSSR count). The number of aromatic nitrogens is 1. The summed E-state index contributed by atoms with van der Waals surface area (Å²) in [6, 6.07) is 0. The molecule has 0 amide bonds. The summed E-state index contributed by atoms with van der Waals surface area (Å²) in [5.74, 6) is 0.642. The van der Waals surface area contributed by atoms with Crippen LogP contribution in [0.15, 0.2) is 27.9 Å². The third kappa shape index (κ3) is 5.88. The molecule has 0 unspecified atom stereocenters. The van der Waals surface area contributed by atoms with Crippen molar-refractivity contribution in [1.29, 1.82) is 0 Å². The second-order valence-corrected chi connectivity index (χ2v) is 5.09. The Kier molecular flexibility index (Phi) is 6.57. The molecule has 1 aromatic heterocycles. The molecule has 0 spiro atoms. The van der Waals surface area contributed by atoms with Gasteiger partial charge in [-0.25, -0.2) is 4.98 Å². The second-order valence-electron chi connectivity index (χ2n) is 5.09. The molecule has 0 radical (unpaired) electrons. The summed E-state index contributed by atoms with van der Waals surface area (Å²) in [5.41, 5.74) is 3.03. The first-order valence-electron chi connectivity index (χ1n) is 6.97. The summed E-state index contributed by atoms with van der Waals surface area (Å²) in [5, 5.41) is 10.1. The van der Waals surface area contributed by atoms with Crippen molar-refractivity contribution in [3.63, 3.8) is 0 Å². The molecule has 0 saturated carbocycles. The normalized spacial score (nSPS) is 14.8. The molecule has 106 valence electrons. The van der Waals surface area contributed by atoms with Crippen molar-refractivity contribution < 1.29 is 9.52 Å². The molecule has 1 N–H and O–H groups in total. The number of aliphatic hydroxyl groups is 1. The van der Waals surface area contributed by atoms with E-state index in [9.17, 15) is 5.11 Å². The van der Waals surface area contributed by atoms with E-state index in [1.165, 1.54) is 18.4 Å². The van der Waals surface area contributed by atoms with Gasteiger partial charge in [0.25, 0.3) is 0 Å². The molecule has 0 aliphatic rings. The molecule has 3 nitrogen and oxygen atoms in total. The minimum absolute atomic E-state index is 0.450. The summed E-state index contributed by atoms with van der Waals surface area (Å²) in [6.07, 6.45) is 9.36. The average Bonchev–Trinajstić information content (AvgIpc) is 2.78. The zero-order chi connectivity index (χ0) is 14.3. The zero-order valence-electron chi connectivity index (χ0n) is 12.4. The fourth-order valence-corrected chi connectivity index (χ4v) is 1.83. The Morgan fingerprint density at radius 2 is 2.21 bits per heavy atom. The third-order valence-electron chi connectivity index (χ3n) is 3.15. The Balaban J connectivity index is 2.53. The van der Waals surface area contributed by atoms with E-state index in [0.717, 1.165) is 17.7 Å². The van der Waals surface area contributed by atoms with Gasteiger partial charge in [-0.15, -0.1) is 0 Å². The molecule has 0 bridgehead atoms. The topological polar surface area (TPSA) is 46.3 Å². The predicted molar refractivity (Wildman–Crippen MR) is 78.8 cm³/mol. The van der Waals surface area contributed by atoms with E-state index in [0.29, 0.717) is 12.3 Å². The van der Waals surface area contributed by atoms with Crippen molar-refractivity contribution in [3.05, 3.63) is 35.1 Å². The monoisotopic (exact) mass is 263 g/mol. The van der Waals surface area contributed by atoms with E-state index < -0.39 is 6.10 Å². The maximum Gasteiger partial charge on any atom is 0.191 e. The lowest BCUT2D eigenvalue weighted by Crippen LogP contribution is -2.06. The lowest BCUT2D eigenvalue weighted by molar-refractivity contribution is 0.215. The number of oxazole rings is 1. The van der Waals surface area contributed by atoms with Crippen molar-refractivity contribution in [1.82, 2.24) is 4.98 Å². The lowest BCUT2D eigenvalue weighted by Gasteiger charge is -2.09. The van der Waals surface area contributed by atoms with Crippen molar-refractivity contribution in [3.8, 4) is 0 Å². The molecule has 19 heavy (non-hydrogen) atoms. The summed E-state index contributed by atoms with van der Waals surface area (Å²) in [4.78, 5) is 4.20. The highest BCUT2D eigenvalue weighted by Crippen LogP contribution is 2.14. The van der Waals surface area contributed by atoms with E-state index in [4.69, 9.17) is 4.42 Å². The van der Waals surface area contributed by atoms with Crippen molar-refractivity contribution >= 4 is 6.08 Å². The molecule has 1 atom stereocenters. The van der Waals surface area contributed by atoms with E-state index in [-0.39, 0.29) is 0 Å². The van der Waals surface area contributed by atoms with Gasteiger partial charge in [0.2, 0.25) is 0 Å². The summed E-state index contributed by atoms with van der Waals surface area (Å²) in [7, 11) is 0. The summed E-state index contributed by atoms with van der Waals surface area (Å²) >= 11 is 0. The zero-order valence-corrected chi connectivity index (χ0v) is 12.4. The van der Waals surface area contributed by atoms with Crippen LogP contribution in [0.5, 0.6) is 0 Å². The Hall–Kier alpha value is -1.35. The van der Waals surface area contributed by atoms with Gasteiger partial charge in [-0.2, -0.15) is 0 Å². The fraction of sp³-hybridized carbons (Fsp3) is 0.562. The van der Waals surface area contributed by atoms with E-state index >= 15 is 0 Å². The summed E-state index contributed by atoms with van der Waals surface area (Å²) in [6.45, 7) is 8.05. The maximum absolute atomic E-state index is 10.1. The highest BCUT2D eigenvalue weighted by molar-refractivity contribution is 5.48. The standard InChI is InChI=1S/C16H25NO2/c1-5-6-7-12(2)8-9-16(18)13(3)10-15-11-19-14(4)17-15/h8,10-11,16,18H,5-7,9H2,1-4H3/b12-8-,13-10+/t16-/m0/s1. The summed E-state index contributed by atoms with van der Waals surface area (Å²) < 4.78 is 5.14. The van der Waals surface area contributed by atoms with Crippen molar-refractivity contribution in [2.75, 3.05) is 0 Å². The average molecular weight is 263 g/mol. The fourth-order valence-electron chi connectivity index (χ4n) is 1.83. The Labute approximate surface area is 116 Å². The Bertz CT molecular complexity index is 443. The van der Waals surface area contributed by atoms with Crippen LogP contribution >= 0.6 is 0 Å². The van der Waals surface area contributed by atoms with Crippen LogP contribution in [-0.2, 0) is 0 Å². The molecule has 1 aromatic rings. The number of hydrogen-bond donors (Lipinski definition) is 1. The van der Waals surface area contributed by atoms with Crippen LogP contribution in [0.4, 0.5) is 0 Å². The molecular weight excluding hydrogens is 238 g/mol. The van der Waals surface area contributed by atoms with Crippen LogP contribution in [0, 0.1) is 6.92 Å². The molecular formula is C16H25NO2. The number of nitrogens with zero attached hydrogens (tertiary/aromatic N) is 1. The van der Waals surface area contributed by atoms with E-state index in [2.05, 4.69) is 24.9 Å². The molecule has 0 aliphatic carbocycles. The van der Waals surface area contributed by atoms with Gasteiger partial charge in [0.15, 0.2) is 5.89 Å². The first-order valence-corrected chi connectivity index (χ1v) is 6.97. The first-order chi connectivity index (χ1) is 9.02. The van der Waals surface area contributed by atoms with Crippen molar-refractivity contribution in [2.24, 2.45) is 0 Å². The molecule has 1 heterocycles. The lowest BCUT2D eigenvalue weighted by atomic mass is 10.0. The van der Waals surface area contributed by atoms with Gasteiger partial charge >= 0.3 is 0 Å². The van der Waals surface area contributed by atoms with Gasteiger partial charge in [0.1, 0.15) is 12.0 Å². The van der Waals surface area contributed by atoms with Crippen LogP contribution < -0.4 is 0 Å². The number of allylic oxidation sites excluding steroid dienone is 1. The quantitative estimate of drug-likeness (QED) is 0.747. The highest BCUT2D eigenvalue weighted by Gasteiger charge is 2.06. The number of rotatable bonds is 7. The predicted octanol–water partition coefficient (Wildman–Crippen LogP) is 4.27. The smallest absolute Gasteiger partial charge is 0.191 e. The van der Waals surface area contributed by atoms with Crippen LogP contribution in [0.1, 0.15) is 58.0 Å². The van der Waals surface area contributed by atoms with Crippen molar-refractivity contribution in [2.45, 2.75) is 59.5 Å². The highest BCUT2D eigenvalue weighted by atomic mass is 16.3. The number of aryl methyl sites for hydroxylation is 1. The van der Waals surface area contributed by atoms with Crippen LogP contribution in [0.2, 0.25) is 0 Å². The maximum atomic E-state index is 10.1. The van der Waals surface area contributed by atoms with Crippen LogP contribution in [0.3, 0.4) is 0 Å². The first kappa shape index (κ1) is 15.7. The van der Waals surface area contributed by atoms with Crippen LogP contribution in [-0.4, -0.2) is 16.2 Å². The van der Waals surface area contributed by atoms with Crippen LogP contribution in [0.25, 0.3) is 6.08 Å². The second kappa shape index (κ2) is 7.95. The minimum atomic E-state index is -0.450. The van der Waals surface area contributed by atoms with Gasteiger partial charge in [0, 0.05) is 6.92 Å². The number of unbranched alkanes of at least 4 members (excludes halogenated alkanes) is 1. The molecule has 0 fully saturated rings. The number of aliphatic hydroxyl groups excluding tert-OH is 1. The molecule has 0 aromatic carbocycles. The minimum Gasteiger partial charge on any atom is -0.449 e. The van der Waals surface area contributed by atoms with Gasteiger partial charge in [-0.1, -0.05) is 25.0 Å². The molecule has 0 aliphatic heterocycles. The largest absolute Gasteiger partial charge is 0.449 e. The number of hydrogen-bond acceptors (Lipinski definition) is 3. The van der Waals surface area contributed by atoms with E-state index in [1.54, 1.807) is 6.26 Å². The third-order valence-corrected chi connectivity index (χ3v) is 3.15. The van der Waals surface area contributed by atoms with Gasteiger partial charge in [-0.05, 0) is 44.8 Å². The van der Waals surface area contributed by atoms with Gasteiger partial charge in [0.05, 0.1) is 6.10 Å². The SMILES string of the molecule is CCCC/C(C)=C\C[C@H](O)/C(C)=C/c1coc(C)n1. The van der Waals surface area contributed by atoms with E-state index in [1.807, 2.05) is 19.9 Å². The molecule has 3 heteroatoms. The Morgan fingerprint density at radius 1 is 1.47 bits per heavy atom.